The highest BCUT2D eigenvalue weighted by Gasteiger charge is 2.31. The van der Waals surface area contributed by atoms with E-state index >= 15 is 0 Å². The van der Waals surface area contributed by atoms with Crippen molar-refractivity contribution in [2.75, 3.05) is 28.6 Å². The first kappa shape index (κ1) is 40.9. The second-order valence-corrected chi connectivity index (χ2v) is 17.2. The average Bonchev–Trinajstić information content (AvgIpc) is 3.84. The van der Waals surface area contributed by atoms with Gasteiger partial charge in [0.05, 0.1) is 64.9 Å². The monoisotopic (exact) mass is 887 g/mol. The topological polar surface area (TPSA) is 125 Å². The third-order valence-corrected chi connectivity index (χ3v) is 13.0. The summed E-state index contributed by atoms with van der Waals surface area (Å²) in [5.74, 6) is 0.947. The number of hydrogen-bond acceptors (Lipinski definition) is 9. The lowest BCUT2D eigenvalue weighted by Crippen LogP contribution is -2.35. The van der Waals surface area contributed by atoms with Crippen molar-refractivity contribution in [2.45, 2.75) is 40.3 Å². The Morgan fingerprint density at radius 1 is 0.895 bits per heavy atom. The largest absolute Gasteiger partial charge is 0.748 e. The molecule has 57 heavy (non-hydrogen) atoms. The molecule has 3 aromatic heterocycles. The summed E-state index contributed by atoms with van der Waals surface area (Å²) in [6.07, 6.45) is 8.82. The first-order chi connectivity index (χ1) is 27.2. The van der Waals surface area contributed by atoms with Crippen LogP contribution in [-0.2, 0) is 30.3 Å². The minimum absolute atomic E-state index is 0.0528. The normalized spacial score (nSPS) is 15.2. The van der Waals surface area contributed by atoms with Crippen molar-refractivity contribution in [3.8, 4) is 0 Å². The molecule has 0 spiro atoms. The summed E-state index contributed by atoms with van der Waals surface area (Å²) in [5.41, 5.74) is 3.79. The fraction of sp³-hybridized carbons (Fsp3) is 0.256. The predicted octanol–water partition coefficient (Wildman–Crippen LogP) is 6.65. The number of halogens is 4. The Morgan fingerprint density at radius 2 is 1.58 bits per heavy atom. The number of para-hydroxylation sites is 1. The molecule has 0 atom stereocenters. The third kappa shape index (κ3) is 7.96. The Labute approximate surface area is 352 Å². The number of imidazole rings is 1. The standard InChI is InChI=1S/C39H37Cl4N7O5S2/c1-5-46-30-20-24(40)25(41)21-31(30)47(6-2)35(46)14-10-15-37-50(44-39-45(4)28-12-8-9-13-34(28)56-39)29(38(51)55-37)16-17-36-48(7-3)32-22-26(42)27(43)23-33(32)49(36)18-11-19-57(52,53)54/h8-10,12-17,20-23H,5-7,11,18-19H2,1-4H3/b29-16?,36-17?,44-39-. The van der Waals surface area contributed by atoms with E-state index in [9.17, 15) is 17.8 Å². The summed E-state index contributed by atoms with van der Waals surface area (Å²) in [6.45, 7) is 8.04. The molecule has 1 aliphatic rings. The van der Waals surface area contributed by atoms with E-state index in [0.29, 0.717) is 56.0 Å². The van der Waals surface area contributed by atoms with Crippen molar-refractivity contribution in [1.29, 1.82) is 0 Å². The molecule has 0 amide bonds. The van der Waals surface area contributed by atoms with Crippen LogP contribution in [-0.4, -0.2) is 45.6 Å². The second-order valence-electron chi connectivity index (χ2n) is 13.0. The van der Waals surface area contributed by atoms with E-state index in [2.05, 4.69) is 9.13 Å². The van der Waals surface area contributed by atoms with Crippen molar-refractivity contribution in [3.05, 3.63) is 119 Å². The van der Waals surface area contributed by atoms with E-state index in [1.807, 2.05) is 84.7 Å². The van der Waals surface area contributed by atoms with Crippen LogP contribution in [0.15, 0.2) is 80.8 Å². The van der Waals surface area contributed by atoms with Crippen molar-refractivity contribution in [3.63, 3.8) is 0 Å². The smallest absolute Gasteiger partial charge is 0.363 e. The highest BCUT2D eigenvalue weighted by atomic mass is 35.5. The van der Waals surface area contributed by atoms with Gasteiger partial charge < -0.3 is 23.3 Å². The molecule has 3 aromatic carbocycles. The molecule has 0 saturated carbocycles. The number of nitrogens with zero attached hydrogens (tertiary/aromatic N) is 7. The molecule has 0 unspecified atom stereocenters. The number of fused-ring (bicyclic) bond motifs is 3. The van der Waals surface area contributed by atoms with Crippen molar-refractivity contribution >= 4 is 119 Å². The number of hydrogen-bond donors (Lipinski definition) is 0. The van der Waals surface area contributed by atoms with Gasteiger partial charge in [-0.15, -0.1) is 5.10 Å². The zero-order valence-corrected chi connectivity index (χ0v) is 35.9. The Kier molecular flexibility index (Phi) is 11.9. The fourth-order valence-electron chi connectivity index (χ4n) is 7.07. The van der Waals surface area contributed by atoms with Gasteiger partial charge in [0, 0.05) is 50.2 Å². The third-order valence-electron chi connectivity index (χ3n) is 9.65. The summed E-state index contributed by atoms with van der Waals surface area (Å²) >= 11 is 27.2. The lowest BCUT2D eigenvalue weighted by atomic mass is 10.2. The Morgan fingerprint density at radius 3 is 2.25 bits per heavy atom. The van der Waals surface area contributed by atoms with Gasteiger partial charge in [0.1, 0.15) is 5.82 Å². The number of benzene rings is 3. The number of aryl methyl sites for hydroxylation is 3. The lowest BCUT2D eigenvalue weighted by Gasteiger charge is -2.24. The van der Waals surface area contributed by atoms with Gasteiger partial charge >= 0.3 is 5.63 Å². The van der Waals surface area contributed by atoms with Crippen molar-refractivity contribution in [2.24, 2.45) is 12.1 Å². The van der Waals surface area contributed by atoms with Crippen LogP contribution in [0.25, 0.3) is 39.5 Å². The molecule has 7 rings (SSSR count). The number of oxazole rings is 1. The molecule has 4 heterocycles. The van der Waals surface area contributed by atoms with Crippen LogP contribution >= 0.6 is 57.7 Å². The molecular weight excluding hydrogens is 852 g/mol. The maximum absolute atomic E-state index is 13.8. The van der Waals surface area contributed by atoms with Crippen LogP contribution in [0.2, 0.25) is 20.1 Å². The summed E-state index contributed by atoms with van der Waals surface area (Å²) in [4.78, 5) is 18.2. The van der Waals surface area contributed by atoms with E-state index in [4.69, 9.17) is 55.9 Å². The molecule has 0 bridgehead atoms. The Balaban J connectivity index is 1.42. The van der Waals surface area contributed by atoms with Crippen molar-refractivity contribution < 1.29 is 22.0 Å². The van der Waals surface area contributed by atoms with Gasteiger partial charge in [-0.25, -0.2) is 22.3 Å². The maximum atomic E-state index is 13.8. The lowest BCUT2D eigenvalue weighted by molar-refractivity contribution is -0.670. The summed E-state index contributed by atoms with van der Waals surface area (Å²) in [5, 5.41) is 6.67. The van der Waals surface area contributed by atoms with Gasteiger partial charge in [0.2, 0.25) is 10.3 Å². The van der Waals surface area contributed by atoms with Gasteiger partial charge in [-0.05, 0) is 69.7 Å². The zero-order valence-electron chi connectivity index (χ0n) is 31.2. The molecule has 6 aromatic rings. The predicted molar refractivity (Wildman–Crippen MR) is 230 cm³/mol. The van der Waals surface area contributed by atoms with Crippen LogP contribution in [0, 0.1) is 0 Å². The van der Waals surface area contributed by atoms with Gasteiger partial charge in [-0.3, -0.25) is 0 Å². The Bertz CT molecular complexity index is 2950. The van der Waals surface area contributed by atoms with E-state index in [1.54, 1.807) is 36.4 Å². The molecule has 0 aliphatic carbocycles. The average molecular weight is 890 g/mol. The first-order valence-corrected chi connectivity index (χ1v) is 22.0. The number of rotatable bonds is 11. The van der Waals surface area contributed by atoms with Crippen LogP contribution in [0.4, 0.5) is 11.4 Å². The maximum Gasteiger partial charge on any atom is 0.363 e. The van der Waals surface area contributed by atoms with E-state index in [0.717, 1.165) is 32.8 Å². The summed E-state index contributed by atoms with van der Waals surface area (Å²) < 4.78 is 49.2. The van der Waals surface area contributed by atoms with Gasteiger partial charge in [0.15, 0.2) is 16.4 Å². The molecule has 12 nitrogen and oxygen atoms in total. The van der Waals surface area contributed by atoms with Crippen LogP contribution in [0.3, 0.4) is 0 Å². The number of anilines is 2. The van der Waals surface area contributed by atoms with E-state index < -0.39 is 21.5 Å². The molecule has 0 saturated heterocycles. The molecular formula is C39H37Cl4N7O5S2. The number of thiazole rings is 1. The second kappa shape index (κ2) is 16.5. The first-order valence-electron chi connectivity index (χ1n) is 18.0. The van der Waals surface area contributed by atoms with E-state index in [-0.39, 0.29) is 23.9 Å². The number of aromatic nitrogens is 4. The fourth-order valence-corrected chi connectivity index (χ4v) is 9.19. The van der Waals surface area contributed by atoms with E-state index in [1.165, 1.54) is 16.0 Å². The number of allylic oxidation sites excluding steroid dienone is 2. The van der Waals surface area contributed by atoms with Crippen LogP contribution < -0.4 is 35.7 Å². The Hall–Kier alpha value is -4.28. The quantitative estimate of drug-likeness (QED) is 0.105. The van der Waals surface area contributed by atoms with Crippen molar-refractivity contribution in [1.82, 2.24) is 13.8 Å². The van der Waals surface area contributed by atoms with Crippen LogP contribution in [0.1, 0.15) is 33.0 Å². The molecule has 0 N–H and O–H groups in total. The molecule has 0 fully saturated rings. The van der Waals surface area contributed by atoms with Gasteiger partial charge in [0.25, 0.3) is 5.82 Å². The highest BCUT2D eigenvalue weighted by Crippen LogP contribution is 2.45. The van der Waals surface area contributed by atoms with Gasteiger partial charge in [-0.1, -0.05) is 69.9 Å². The molecule has 0 radical (unpaired) electrons. The van der Waals surface area contributed by atoms with Gasteiger partial charge in [-0.2, -0.15) is 4.68 Å². The molecule has 1 aliphatic heterocycles. The minimum Gasteiger partial charge on any atom is -0.748 e. The SMILES string of the molecule is CCN1C(=CC=c2c(=O)oc(=CC=Cc3n(CC)c4cc(Cl)c(Cl)cc4[n+]3CC)n2/N=c2\sc3ccccc3n2C)N(CCCS(=O)(=O)[O-])c2cc(Cl)c(Cl)cc21. The minimum atomic E-state index is -4.45. The zero-order chi connectivity index (χ0) is 40.8. The highest BCUT2D eigenvalue weighted by molar-refractivity contribution is 7.85. The summed E-state index contributed by atoms with van der Waals surface area (Å²) in [6, 6.07) is 15.1. The molecule has 18 heteroatoms. The van der Waals surface area contributed by atoms with Crippen LogP contribution in [0.5, 0.6) is 0 Å². The summed E-state index contributed by atoms with van der Waals surface area (Å²) in [7, 11) is -2.55. The molecule has 298 valence electrons.